The largest absolute Gasteiger partial charge is 0.507 e. The molecule has 8 heteroatoms. The number of phenolic OH excluding ortho intramolecular Hbond substituents is 1. The molecule has 2 fully saturated rings. The monoisotopic (exact) mass is 418 g/mol. The average molecular weight is 419 g/mol. The zero-order chi connectivity index (χ0) is 21.2. The molecule has 8 nitrogen and oxygen atoms in total. The van der Waals surface area contributed by atoms with Crippen molar-refractivity contribution < 1.29 is 19.4 Å². The first kappa shape index (κ1) is 22.4. The second kappa shape index (κ2) is 11.8. The second-order valence-corrected chi connectivity index (χ2v) is 7.66. The van der Waals surface area contributed by atoms with Crippen molar-refractivity contribution in [2.75, 3.05) is 45.9 Å². The third-order valence-electron chi connectivity index (χ3n) is 5.43. The standard InChI is InChI=1S/C22H34N4O4/c1-2-23-22(25-12-11-24-21(28)19-7-3-4-8-20(19)27)26-13-9-17(10-14-26)30-16-18-6-5-15-29-18/h3-4,7-8,17-18,27H,2,5-6,9-16H2,1H3,(H,23,25)(H,24,28). The van der Waals surface area contributed by atoms with Gasteiger partial charge in [-0.2, -0.15) is 0 Å². The molecule has 2 heterocycles. The fourth-order valence-corrected chi connectivity index (χ4v) is 3.77. The number of hydrogen-bond acceptors (Lipinski definition) is 5. The van der Waals surface area contributed by atoms with Crippen LogP contribution in [0.5, 0.6) is 5.75 Å². The minimum absolute atomic E-state index is 0.0172. The van der Waals surface area contributed by atoms with E-state index in [0.717, 1.165) is 57.9 Å². The highest BCUT2D eigenvalue weighted by Gasteiger charge is 2.24. The molecule has 0 bridgehead atoms. The SMILES string of the molecule is CCNC(=NCCNC(=O)c1ccccc1O)N1CCC(OCC2CCCO2)CC1. The van der Waals surface area contributed by atoms with E-state index in [0.29, 0.717) is 19.7 Å². The predicted molar refractivity (Wildman–Crippen MR) is 116 cm³/mol. The third-order valence-corrected chi connectivity index (χ3v) is 5.43. The van der Waals surface area contributed by atoms with Crippen molar-refractivity contribution in [3.63, 3.8) is 0 Å². The fraction of sp³-hybridized carbons (Fsp3) is 0.636. The van der Waals surface area contributed by atoms with Gasteiger partial charge in [0.1, 0.15) is 5.75 Å². The summed E-state index contributed by atoms with van der Waals surface area (Å²) in [6.07, 6.45) is 4.75. The summed E-state index contributed by atoms with van der Waals surface area (Å²) >= 11 is 0. The molecule has 3 N–H and O–H groups in total. The predicted octanol–water partition coefficient (Wildman–Crippen LogP) is 1.75. The average Bonchev–Trinajstić information content (AvgIpc) is 3.29. The van der Waals surface area contributed by atoms with Gasteiger partial charge in [0.15, 0.2) is 5.96 Å². The molecule has 2 saturated heterocycles. The Balaban J connectivity index is 1.40. The first-order valence-corrected chi connectivity index (χ1v) is 11.0. The minimum Gasteiger partial charge on any atom is -0.507 e. The topological polar surface area (TPSA) is 95.4 Å². The van der Waals surface area contributed by atoms with Gasteiger partial charge in [0.2, 0.25) is 0 Å². The van der Waals surface area contributed by atoms with Crippen LogP contribution in [0.2, 0.25) is 0 Å². The van der Waals surface area contributed by atoms with E-state index in [9.17, 15) is 9.90 Å². The first-order valence-electron chi connectivity index (χ1n) is 11.0. The van der Waals surface area contributed by atoms with E-state index in [1.165, 1.54) is 6.07 Å². The zero-order valence-corrected chi connectivity index (χ0v) is 17.8. The molecular weight excluding hydrogens is 384 g/mol. The van der Waals surface area contributed by atoms with Gasteiger partial charge in [-0.3, -0.25) is 9.79 Å². The van der Waals surface area contributed by atoms with E-state index in [-0.39, 0.29) is 29.4 Å². The van der Waals surface area contributed by atoms with Gasteiger partial charge in [-0.05, 0) is 44.7 Å². The van der Waals surface area contributed by atoms with E-state index < -0.39 is 0 Å². The van der Waals surface area contributed by atoms with E-state index in [1.54, 1.807) is 18.2 Å². The Morgan fingerprint density at radius 1 is 1.27 bits per heavy atom. The molecule has 1 aromatic carbocycles. The molecule has 1 aromatic rings. The van der Waals surface area contributed by atoms with Gasteiger partial charge < -0.3 is 30.1 Å². The van der Waals surface area contributed by atoms with Crippen molar-refractivity contribution in [2.24, 2.45) is 4.99 Å². The van der Waals surface area contributed by atoms with Crippen LogP contribution >= 0.6 is 0 Å². The second-order valence-electron chi connectivity index (χ2n) is 7.66. The van der Waals surface area contributed by atoms with E-state index in [2.05, 4.69) is 20.5 Å². The van der Waals surface area contributed by atoms with E-state index in [1.807, 2.05) is 6.92 Å². The molecule has 2 aliphatic rings. The van der Waals surface area contributed by atoms with E-state index in [4.69, 9.17) is 9.47 Å². The number of aliphatic imine (C=N–C) groups is 1. The number of amides is 1. The summed E-state index contributed by atoms with van der Waals surface area (Å²) in [5.74, 6) is 0.556. The highest BCUT2D eigenvalue weighted by Crippen LogP contribution is 2.18. The van der Waals surface area contributed by atoms with Crippen LogP contribution < -0.4 is 10.6 Å². The van der Waals surface area contributed by atoms with Gasteiger partial charge in [-0.15, -0.1) is 0 Å². The molecule has 166 valence electrons. The lowest BCUT2D eigenvalue weighted by Crippen LogP contribution is -2.47. The Labute approximate surface area is 178 Å². The smallest absolute Gasteiger partial charge is 0.255 e. The van der Waals surface area contributed by atoms with Crippen LogP contribution in [0, 0.1) is 0 Å². The zero-order valence-electron chi connectivity index (χ0n) is 17.8. The van der Waals surface area contributed by atoms with Crippen molar-refractivity contribution in [2.45, 2.75) is 44.8 Å². The number of benzene rings is 1. The van der Waals surface area contributed by atoms with Crippen molar-refractivity contribution >= 4 is 11.9 Å². The Kier molecular flexibility index (Phi) is 8.77. The summed E-state index contributed by atoms with van der Waals surface area (Å²) in [4.78, 5) is 19.1. The van der Waals surface area contributed by atoms with Crippen LogP contribution in [-0.4, -0.2) is 80.0 Å². The molecule has 3 rings (SSSR count). The van der Waals surface area contributed by atoms with Gasteiger partial charge in [-0.25, -0.2) is 0 Å². The molecule has 1 unspecified atom stereocenters. The molecular formula is C22H34N4O4. The number of para-hydroxylation sites is 1. The summed E-state index contributed by atoms with van der Waals surface area (Å²) in [5, 5.41) is 15.9. The Hall–Kier alpha value is -2.32. The molecule has 0 aliphatic carbocycles. The number of nitrogens with zero attached hydrogens (tertiary/aromatic N) is 2. The number of phenols is 1. The van der Waals surface area contributed by atoms with E-state index >= 15 is 0 Å². The number of ether oxygens (including phenoxy) is 2. The number of aromatic hydroxyl groups is 1. The number of nitrogens with one attached hydrogen (secondary N) is 2. The number of likely N-dealkylation sites (tertiary alicyclic amines) is 1. The molecule has 1 atom stereocenters. The Bertz CT molecular complexity index is 698. The van der Waals surface area contributed by atoms with Gasteiger partial charge in [0.25, 0.3) is 5.91 Å². The lowest BCUT2D eigenvalue weighted by atomic mass is 10.1. The number of carbonyl (C=O) groups is 1. The molecule has 0 aromatic heterocycles. The van der Waals surface area contributed by atoms with Gasteiger partial charge in [-0.1, -0.05) is 12.1 Å². The highest BCUT2D eigenvalue weighted by atomic mass is 16.5. The molecule has 0 radical (unpaired) electrons. The fourth-order valence-electron chi connectivity index (χ4n) is 3.77. The summed E-state index contributed by atoms with van der Waals surface area (Å²) in [6, 6.07) is 6.52. The molecule has 30 heavy (non-hydrogen) atoms. The number of carbonyl (C=O) groups excluding carboxylic acids is 1. The van der Waals surface area contributed by atoms with Crippen molar-refractivity contribution in [1.82, 2.24) is 15.5 Å². The van der Waals surface area contributed by atoms with Gasteiger partial charge >= 0.3 is 0 Å². The number of piperidine rings is 1. The summed E-state index contributed by atoms with van der Waals surface area (Å²) in [7, 11) is 0. The van der Waals surface area contributed by atoms with Crippen LogP contribution in [0.25, 0.3) is 0 Å². The Morgan fingerprint density at radius 3 is 2.77 bits per heavy atom. The van der Waals surface area contributed by atoms with Crippen LogP contribution in [-0.2, 0) is 9.47 Å². The van der Waals surface area contributed by atoms with Crippen molar-refractivity contribution in [1.29, 1.82) is 0 Å². The maximum Gasteiger partial charge on any atom is 0.255 e. The lowest BCUT2D eigenvalue weighted by molar-refractivity contribution is -0.0367. The van der Waals surface area contributed by atoms with Crippen LogP contribution in [0.15, 0.2) is 29.3 Å². The Morgan fingerprint density at radius 2 is 2.07 bits per heavy atom. The number of hydrogen-bond donors (Lipinski definition) is 3. The van der Waals surface area contributed by atoms with Crippen molar-refractivity contribution in [3.8, 4) is 5.75 Å². The molecule has 1 amide bonds. The summed E-state index contributed by atoms with van der Waals surface area (Å²) in [5.41, 5.74) is 0.276. The van der Waals surface area contributed by atoms with Crippen molar-refractivity contribution in [3.05, 3.63) is 29.8 Å². The highest BCUT2D eigenvalue weighted by molar-refractivity contribution is 5.96. The van der Waals surface area contributed by atoms with Gasteiger partial charge in [0.05, 0.1) is 30.9 Å². The molecule has 0 spiro atoms. The van der Waals surface area contributed by atoms with Gasteiger partial charge in [0, 0.05) is 32.8 Å². The van der Waals surface area contributed by atoms with Crippen LogP contribution in [0.1, 0.15) is 43.0 Å². The normalized spacial score (nSPS) is 20.4. The number of guanidine groups is 1. The quantitative estimate of drug-likeness (QED) is 0.338. The summed E-state index contributed by atoms with van der Waals surface area (Å²) < 4.78 is 11.7. The lowest BCUT2D eigenvalue weighted by Gasteiger charge is -2.34. The summed E-state index contributed by atoms with van der Waals surface area (Å²) in [6.45, 7) is 7.07. The molecule has 0 saturated carbocycles. The minimum atomic E-state index is -0.294. The number of rotatable bonds is 8. The maximum atomic E-state index is 12.2. The molecule has 2 aliphatic heterocycles. The van der Waals surface area contributed by atoms with Crippen LogP contribution in [0.3, 0.4) is 0 Å². The third kappa shape index (κ3) is 6.60. The first-order chi connectivity index (χ1) is 14.7. The maximum absolute atomic E-state index is 12.2. The van der Waals surface area contributed by atoms with Crippen LogP contribution in [0.4, 0.5) is 0 Å².